The Bertz CT molecular complexity index is 161. The highest BCUT2D eigenvalue weighted by molar-refractivity contribution is 5.37. The smallest absolute Gasteiger partial charge is 0.293 e. The molecule has 62 valence electrons. The zero-order chi connectivity index (χ0) is 8.69. The molecule has 3 nitrogen and oxygen atoms in total. The van der Waals surface area contributed by atoms with E-state index in [1.807, 2.05) is 0 Å². The van der Waals surface area contributed by atoms with Crippen LogP contribution < -0.4 is 0 Å². The second kappa shape index (κ2) is 5.68. The standard InChI is InChI=1S/C8H12O3/c1-3-7(4-2)8(10)5-11-6-9/h3-4,6,8,10H,1,5H2,2H3/b7-4+. The maximum Gasteiger partial charge on any atom is 0.293 e. The third-order valence-electron chi connectivity index (χ3n) is 1.28. The number of ether oxygens (including phenoxy) is 1. The van der Waals surface area contributed by atoms with E-state index in [0.29, 0.717) is 12.0 Å². The molecule has 1 atom stereocenters. The highest BCUT2D eigenvalue weighted by Crippen LogP contribution is 2.02. The van der Waals surface area contributed by atoms with Gasteiger partial charge in [-0.2, -0.15) is 0 Å². The summed E-state index contributed by atoms with van der Waals surface area (Å²) in [5.41, 5.74) is 0.659. The molecule has 0 spiro atoms. The van der Waals surface area contributed by atoms with Crippen molar-refractivity contribution in [3.8, 4) is 0 Å². The zero-order valence-corrected chi connectivity index (χ0v) is 6.49. The van der Waals surface area contributed by atoms with Crippen LogP contribution in [0.5, 0.6) is 0 Å². The highest BCUT2D eigenvalue weighted by Gasteiger charge is 2.05. The summed E-state index contributed by atoms with van der Waals surface area (Å²) in [5.74, 6) is 0. The Morgan fingerprint density at radius 2 is 2.45 bits per heavy atom. The SMILES string of the molecule is C=C/C(=C\C)C(O)COC=O. The molecule has 1 unspecified atom stereocenters. The van der Waals surface area contributed by atoms with Crippen molar-refractivity contribution in [1.82, 2.24) is 0 Å². The summed E-state index contributed by atoms with van der Waals surface area (Å²) in [6.07, 6.45) is 2.48. The fourth-order valence-corrected chi connectivity index (χ4v) is 0.673. The molecule has 0 saturated heterocycles. The molecule has 11 heavy (non-hydrogen) atoms. The number of carbonyl (C=O) groups excluding carboxylic acids is 1. The average molecular weight is 156 g/mol. The van der Waals surface area contributed by atoms with Gasteiger partial charge in [-0.3, -0.25) is 4.79 Å². The summed E-state index contributed by atoms with van der Waals surface area (Å²) in [6, 6.07) is 0. The van der Waals surface area contributed by atoms with E-state index in [-0.39, 0.29) is 6.61 Å². The van der Waals surface area contributed by atoms with Crippen LogP contribution >= 0.6 is 0 Å². The van der Waals surface area contributed by atoms with Crippen molar-refractivity contribution in [2.24, 2.45) is 0 Å². The van der Waals surface area contributed by atoms with E-state index < -0.39 is 6.10 Å². The summed E-state index contributed by atoms with van der Waals surface area (Å²) in [4.78, 5) is 9.73. The molecule has 0 aromatic heterocycles. The minimum atomic E-state index is -0.761. The first kappa shape index (κ1) is 9.91. The van der Waals surface area contributed by atoms with Crippen molar-refractivity contribution < 1.29 is 14.6 Å². The van der Waals surface area contributed by atoms with Gasteiger partial charge in [-0.25, -0.2) is 0 Å². The van der Waals surface area contributed by atoms with Gasteiger partial charge in [0, 0.05) is 0 Å². The number of hydrogen-bond donors (Lipinski definition) is 1. The first-order valence-corrected chi connectivity index (χ1v) is 3.28. The second-order valence-corrected chi connectivity index (χ2v) is 1.94. The van der Waals surface area contributed by atoms with E-state index in [4.69, 9.17) is 0 Å². The fraction of sp³-hybridized carbons (Fsp3) is 0.375. The summed E-state index contributed by atoms with van der Waals surface area (Å²) in [5, 5.41) is 9.22. The molecule has 0 aliphatic rings. The Morgan fingerprint density at radius 3 is 2.82 bits per heavy atom. The molecule has 3 heteroatoms. The second-order valence-electron chi connectivity index (χ2n) is 1.94. The van der Waals surface area contributed by atoms with Crippen LogP contribution in [-0.4, -0.2) is 24.3 Å². The molecule has 0 bridgehead atoms. The Labute approximate surface area is 66.0 Å². The summed E-state index contributed by atoms with van der Waals surface area (Å²) in [7, 11) is 0. The van der Waals surface area contributed by atoms with Gasteiger partial charge >= 0.3 is 0 Å². The van der Waals surface area contributed by atoms with Crippen LogP contribution in [0.3, 0.4) is 0 Å². The van der Waals surface area contributed by atoms with Crippen molar-refractivity contribution in [2.75, 3.05) is 6.61 Å². The van der Waals surface area contributed by atoms with Crippen LogP contribution in [0, 0.1) is 0 Å². The number of carbonyl (C=O) groups is 1. The number of rotatable bonds is 5. The molecule has 0 saturated carbocycles. The van der Waals surface area contributed by atoms with Crippen LogP contribution in [0.25, 0.3) is 0 Å². The van der Waals surface area contributed by atoms with Crippen molar-refractivity contribution in [3.63, 3.8) is 0 Å². The van der Waals surface area contributed by atoms with E-state index in [9.17, 15) is 9.90 Å². The van der Waals surface area contributed by atoms with Gasteiger partial charge < -0.3 is 9.84 Å². The average Bonchev–Trinajstić information content (AvgIpc) is 2.03. The number of allylic oxidation sites excluding steroid dienone is 1. The van der Waals surface area contributed by atoms with Crippen LogP contribution in [0.15, 0.2) is 24.3 Å². The Balaban J connectivity index is 3.89. The lowest BCUT2D eigenvalue weighted by molar-refractivity contribution is -0.130. The van der Waals surface area contributed by atoms with Crippen molar-refractivity contribution in [2.45, 2.75) is 13.0 Å². The number of aliphatic hydroxyl groups is 1. The Kier molecular flexibility index (Phi) is 5.11. The first-order valence-electron chi connectivity index (χ1n) is 3.28. The Hall–Kier alpha value is -1.09. The van der Waals surface area contributed by atoms with Crippen LogP contribution in [0.1, 0.15) is 6.92 Å². The van der Waals surface area contributed by atoms with Crippen LogP contribution in [-0.2, 0) is 9.53 Å². The van der Waals surface area contributed by atoms with Gasteiger partial charge in [0.1, 0.15) is 12.7 Å². The lowest BCUT2D eigenvalue weighted by Gasteiger charge is -2.08. The van der Waals surface area contributed by atoms with E-state index >= 15 is 0 Å². The van der Waals surface area contributed by atoms with Crippen molar-refractivity contribution in [3.05, 3.63) is 24.3 Å². The van der Waals surface area contributed by atoms with E-state index in [1.54, 1.807) is 13.0 Å². The van der Waals surface area contributed by atoms with Gasteiger partial charge in [-0.1, -0.05) is 18.7 Å². The molecule has 0 aliphatic carbocycles. The maximum absolute atomic E-state index is 9.73. The summed E-state index contributed by atoms with van der Waals surface area (Å²) in [6.45, 7) is 5.55. The molecule has 1 N–H and O–H groups in total. The van der Waals surface area contributed by atoms with E-state index in [2.05, 4.69) is 11.3 Å². The first-order chi connectivity index (χ1) is 5.26. The van der Waals surface area contributed by atoms with Gasteiger partial charge in [0.05, 0.1) is 0 Å². The van der Waals surface area contributed by atoms with Gasteiger partial charge in [-0.05, 0) is 12.5 Å². The van der Waals surface area contributed by atoms with E-state index in [0.717, 1.165) is 0 Å². The molecule has 0 radical (unpaired) electrons. The maximum atomic E-state index is 9.73. The quantitative estimate of drug-likeness (QED) is 0.469. The minimum absolute atomic E-state index is 0.0187. The lowest BCUT2D eigenvalue weighted by atomic mass is 10.1. The van der Waals surface area contributed by atoms with Crippen molar-refractivity contribution in [1.29, 1.82) is 0 Å². The lowest BCUT2D eigenvalue weighted by Crippen LogP contribution is -2.16. The summed E-state index contributed by atoms with van der Waals surface area (Å²) < 4.78 is 4.36. The highest BCUT2D eigenvalue weighted by atomic mass is 16.5. The molecular formula is C8H12O3. The van der Waals surface area contributed by atoms with Crippen molar-refractivity contribution >= 4 is 6.47 Å². The van der Waals surface area contributed by atoms with Gasteiger partial charge in [0.15, 0.2) is 0 Å². The molecule has 0 aromatic carbocycles. The van der Waals surface area contributed by atoms with Gasteiger partial charge in [-0.15, -0.1) is 0 Å². The van der Waals surface area contributed by atoms with Gasteiger partial charge in [0.25, 0.3) is 6.47 Å². The van der Waals surface area contributed by atoms with Gasteiger partial charge in [0.2, 0.25) is 0 Å². The molecule has 0 fully saturated rings. The minimum Gasteiger partial charge on any atom is -0.465 e. The van der Waals surface area contributed by atoms with Crippen LogP contribution in [0.4, 0.5) is 0 Å². The Morgan fingerprint density at radius 1 is 1.82 bits per heavy atom. The largest absolute Gasteiger partial charge is 0.465 e. The molecular weight excluding hydrogens is 144 g/mol. The summed E-state index contributed by atoms with van der Waals surface area (Å²) >= 11 is 0. The normalized spacial score (nSPS) is 13.8. The third kappa shape index (κ3) is 3.57. The third-order valence-corrected chi connectivity index (χ3v) is 1.28. The van der Waals surface area contributed by atoms with Crippen LogP contribution in [0.2, 0.25) is 0 Å². The molecule has 0 heterocycles. The molecule has 0 aromatic rings. The number of aliphatic hydroxyl groups excluding tert-OH is 1. The molecule has 0 rings (SSSR count). The molecule has 0 aliphatic heterocycles. The van der Waals surface area contributed by atoms with E-state index in [1.165, 1.54) is 6.08 Å². The fourth-order valence-electron chi connectivity index (χ4n) is 0.673. The predicted octanol–water partition coefficient (Wildman–Crippen LogP) is 0.653. The monoisotopic (exact) mass is 156 g/mol. The topological polar surface area (TPSA) is 46.5 Å². The predicted molar refractivity (Wildman–Crippen MR) is 42.0 cm³/mol. The zero-order valence-electron chi connectivity index (χ0n) is 6.49. The molecule has 0 amide bonds. The number of hydrogen-bond acceptors (Lipinski definition) is 3.